The Hall–Kier alpha value is -0.770. The standard InChI is InChI=1S/C11H8Cl2O2S/c1-7-5-9-8(3-2-4-10(9)12)6-11(7)16(13,14)15/h2-6H,1H3. The normalized spacial score (nSPS) is 11.9. The molecule has 2 aromatic rings. The van der Waals surface area contributed by atoms with Gasteiger partial charge in [0.15, 0.2) is 0 Å². The van der Waals surface area contributed by atoms with E-state index in [0.717, 1.165) is 10.8 Å². The highest BCUT2D eigenvalue weighted by Gasteiger charge is 2.14. The van der Waals surface area contributed by atoms with Crippen LogP contribution in [0.5, 0.6) is 0 Å². The van der Waals surface area contributed by atoms with Gasteiger partial charge < -0.3 is 0 Å². The average molecular weight is 275 g/mol. The Bertz CT molecular complexity index is 663. The van der Waals surface area contributed by atoms with Gasteiger partial charge in [-0.25, -0.2) is 8.42 Å². The zero-order valence-corrected chi connectivity index (χ0v) is 10.7. The second kappa shape index (κ2) is 3.91. The molecule has 0 amide bonds. The summed E-state index contributed by atoms with van der Waals surface area (Å²) in [4.78, 5) is 0.129. The Morgan fingerprint density at radius 3 is 2.50 bits per heavy atom. The van der Waals surface area contributed by atoms with Gasteiger partial charge in [0.1, 0.15) is 0 Å². The molecule has 2 aromatic carbocycles. The van der Waals surface area contributed by atoms with E-state index >= 15 is 0 Å². The summed E-state index contributed by atoms with van der Waals surface area (Å²) in [5.74, 6) is 0. The SMILES string of the molecule is Cc1cc2c(Cl)cccc2cc1S(=O)(=O)Cl. The molecule has 0 aliphatic heterocycles. The zero-order chi connectivity index (χ0) is 11.9. The molecule has 16 heavy (non-hydrogen) atoms. The van der Waals surface area contributed by atoms with Crippen molar-refractivity contribution in [2.75, 3.05) is 0 Å². The summed E-state index contributed by atoms with van der Waals surface area (Å²) < 4.78 is 22.6. The first-order valence-corrected chi connectivity index (χ1v) is 7.22. The molecule has 0 heterocycles. The summed E-state index contributed by atoms with van der Waals surface area (Å²) in [5.41, 5.74) is 0.593. The van der Waals surface area contributed by atoms with Crippen LogP contribution < -0.4 is 0 Å². The van der Waals surface area contributed by atoms with Crippen LogP contribution >= 0.6 is 22.3 Å². The highest BCUT2D eigenvalue weighted by molar-refractivity contribution is 8.13. The van der Waals surface area contributed by atoms with Crippen molar-refractivity contribution >= 4 is 42.1 Å². The van der Waals surface area contributed by atoms with E-state index in [2.05, 4.69) is 0 Å². The maximum Gasteiger partial charge on any atom is 0.261 e. The van der Waals surface area contributed by atoms with E-state index in [0.29, 0.717) is 10.6 Å². The number of hydrogen-bond acceptors (Lipinski definition) is 2. The molecule has 0 N–H and O–H groups in total. The largest absolute Gasteiger partial charge is 0.261 e. The summed E-state index contributed by atoms with van der Waals surface area (Å²) in [6.45, 7) is 1.69. The van der Waals surface area contributed by atoms with Gasteiger partial charge in [-0.3, -0.25) is 0 Å². The Labute approximate surface area is 103 Å². The minimum Gasteiger partial charge on any atom is -0.207 e. The van der Waals surface area contributed by atoms with Crippen molar-refractivity contribution < 1.29 is 8.42 Å². The molecule has 0 aliphatic carbocycles. The van der Waals surface area contributed by atoms with Crippen molar-refractivity contribution in [3.63, 3.8) is 0 Å². The smallest absolute Gasteiger partial charge is 0.207 e. The molecular formula is C11H8Cl2O2S. The molecule has 2 rings (SSSR count). The molecule has 0 atom stereocenters. The first-order valence-electron chi connectivity index (χ1n) is 4.53. The Morgan fingerprint density at radius 2 is 1.88 bits per heavy atom. The summed E-state index contributed by atoms with van der Waals surface area (Å²) in [6.07, 6.45) is 0. The van der Waals surface area contributed by atoms with Crippen LogP contribution in [0.4, 0.5) is 0 Å². The fraction of sp³-hybridized carbons (Fsp3) is 0.0909. The van der Waals surface area contributed by atoms with E-state index in [1.165, 1.54) is 0 Å². The number of fused-ring (bicyclic) bond motifs is 1. The van der Waals surface area contributed by atoms with Gasteiger partial charge in [-0.05, 0) is 36.1 Å². The van der Waals surface area contributed by atoms with E-state index in [9.17, 15) is 8.42 Å². The van der Waals surface area contributed by atoms with Gasteiger partial charge in [0.05, 0.1) is 4.90 Å². The topological polar surface area (TPSA) is 34.1 Å². The summed E-state index contributed by atoms with van der Waals surface area (Å²) in [7, 11) is 1.63. The van der Waals surface area contributed by atoms with Crippen molar-refractivity contribution in [2.45, 2.75) is 11.8 Å². The minimum atomic E-state index is -3.71. The van der Waals surface area contributed by atoms with Crippen LogP contribution in [0.3, 0.4) is 0 Å². The summed E-state index contributed by atoms with van der Waals surface area (Å²) in [6, 6.07) is 8.60. The second-order valence-corrected chi connectivity index (χ2v) is 6.46. The van der Waals surface area contributed by atoms with Crippen LogP contribution in [-0.4, -0.2) is 8.42 Å². The maximum absolute atomic E-state index is 11.3. The monoisotopic (exact) mass is 274 g/mol. The van der Waals surface area contributed by atoms with Gasteiger partial charge in [-0.15, -0.1) is 0 Å². The lowest BCUT2D eigenvalue weighted by molar-refractivity contribution is 0.609. The molecule has 0 saturated carbocycles. The molecule has 2 nitrogen and oxygen atoms in total. The van der Waals surface area contributed by atoms with Crippen LogP contribution in [0.25, 0.3) is 10.8 Å². The fourth-order valence-corrected chi connectivity index (χ4v) is 3.08. The van der Waals surface area contributed by atoms with Crippen molar-refractivity contribution in [3.05, 3.63) is 40.9 Å². The number of aryl methyl sites for hydroxylation is 1. The van der Waals surface area contributed by atoms with Gasteiger partial charge in [0, 0.05) is 21.1 Å². The van der Waals surface area contributed by atoms with Crippen LogP contribution in [-0.2, 0) is 9.05 Å². The van der Waals surface area contributed by atoms with E-state index < -0.39 is 9.05 Å². The Balaban J connectivity index is 2.88. The first-order chi connectivity index (χ1) is 7.39. The number of halogens is 2. The zero-order valence-electron chi connectivity index (χ0n) is 8.37. The molecule has 0 saturated heterocycles. The van der Waals surface area contributed by atoms with Crippen LogP contribution in [0, 0.1) is 6.92 Å². The third-order valence-electron chi connectivity index (χ3n) is 2.39. The van der Waals surface area contributed by atoms with Crippen molar-refractivity contribution in [2.24, 2.45) is 0 Å². The predicted octanol–water partition coefficient (Wildman–Crippen LogP) is 3.73. The molecule has 0 fully saturated rings. The van der Waals surface area contributed by atoms with E-state index in [1.54, 1.807) is 37.3 Å². The first kappa shape index (κ1) is 11.7. The molecule has 0 aliphatic rings. The quantitative estimate of drug-likeness (QED) is 0.743. The highest BCUT2D eigenvalue weighted by Crippen LogP contribution is 2.29. The van der Waals surface area contributed by atoms with Crippen LogP contribution in [0.1, 0.15) is 5.56 Å². The Kier molecular flexibility index (Phi) is 2.86. The lowest BCUT2D eigenvalue weighted by Crippen LogP contribution is -1.94. The Morgan fingerprint density at radius 1 is 1.19 bits per heavy atom. The van der Waals surface area contributed by atoms with Crippen LogP contribution in [0.15, 0.2) is 35.2 Å². The van der Waals surface area contributed by atoms with Crippen molar-refractivity contribution in [1.29, 1.82) is 0 Å². The lowest BCUT2D eigenvalue weighted by Gasteiger charge is -2.06. The van der Waals surface area contributed by atoms with Crippen LogP contribution in [0.2, 0.25) is 5.02 Å². The number of hydrogen-bond donors (Lipinski definition) is 0. The molecule has 0 spiro atoms. The van der Waals surface area contributed by atoms with Gasteiger partial charge in [-0.1, -0.05) is 23.7 Å². The highest BCUT2D eigenvalue weighted by atomic mass is 35.7. The van der Waals surface area contributed by atoms with Gasteiger partial charge in [0.2, 0.25) is 0 Å². The molecular weight excluding hydrogens is 267 g/mol. The molecule has 0 unspecified atom stereocenters. The molecule has 0 bridgehead atoms. The lowest BCUT2D eigenvalue weighted by atomic mass is 10.1. The minimum absolute atomic E-state index is 0.129. The van der Waals surface area contributed by atoms with Gasteiger partial charge >= 0.3 is 0 Å². The number of rotatable bonds is 1. The number of benzene rings is 2. The third kappa shape index (κ3) is 2.03. The van der Waals surface area contributed by atoms with Crippen molar-refractivity contribution in [3.8, 4) is 0 Å². The van der Waals surface area contributed by atoms with Crippen molar-refractivity contribution in [1.82, 2.24) is 0 Å². The molecule has 0 radical (unpaired) electrons. The molecule has 5 heteroatoms. The summed E-state index contributed by atoms with van der Waals surface area (Å²) >= 11 is 6.01. The summed E-state index contributed by atoms with van der Waals surface area (Å²) in [5, 5.41) is 2.18. The van der Waals surface area contributed by atoms with E-state index in [4.69, 9.17) is 22.3 Å². The predicted molar refractivity (Wildman–Crippen MR) is 66.7 cm³/mol. The van der Waals surface area contributed by atoms with Gasteiger partial charge in [0.25, 0.3) is 9.05 Å². The van der Waals surface area contributed by atoms with E-state index in [1.807, 2.05) is 0 Å². The fourth-order valence-electron chi connectivity index (χ4n) is 1.64. The third-order valence-corrected chi connectivity index (χ3v) is 4.18. The molecule has 0 aromatic heterocycles. The second-order valence-electron chi connectivity index (χ2n) is 3.52. The van der Waals surface area contributed by atoms with Gasteiger partial charge in [-0.2, -0.15) is 0 Å². The maximum atomic E-state index is 11.3. The average Bonchev–Trinajstić information content (AvgIpc) is 2.17. The molecule has 84 valence electrons. The van der Waals surface area contributed by atoms with E-state index in [-0.39, 0.29) is 4.90 Å².